The Morgan fingerprint density at radius 1 is 1.10 bits per heavy atom. The summed E-state index contributed by atoms with van der Waals surface area (Å²) in [6, 6.07) is 6.33. The van der Waals surface area contributed by atoms with Gasteiger partial charge in [0.1, 0.15) is 5.75 Å². The fourth-order valence-corrected chi connectivity index (χ4v) is 3.86. The molecule has 0 saturated heterocycles. The molecule has 0 radical (unpaired) electrons. The molecular weight excluding hydrogens is 258 g/mol. The molecular formula is C19H27NO. The minimum atomic E-state index is 0.453. The van der Waals surface area contributed by atoms with Gasteiger partial charge >= 0.3 is 0 Å². The maximum absolute atomic E-state index is 5.38. The second-order valence-corrected chi connectivity index (χ2v) is 7.57. The van der Waals surface area contributed by atoms with Crippen LogP contribution in [0.3, 0.4) is 0 Å². The smallest absolute Gasteiger partial charge is 0.119 e. The zero-order valence-electron chi connectivity index (χ0n) is 13.7. The van der Waals surface area contributed by atoms with Crippen molar-refractivity contribution in [2.75, 3.05) is 7.11 Å². The van der Waals surface area contributed by atoms with E-state index in [4.69, 9.17) is 4.74 Å². The molecule has 0 amide bonds. The first-order valence-electron chi connectivity index (χ1n) is 8.14. The second kappa shape index (κ2) is 5.40. The first-order valence-corrected chi connectivity index (χ1v) is 8.14. The number of hydrogen-bond donors (Lipinski definition) is 1. The Balaban J connectivity index is 1.82. The molecule has 0 aliphatic heterocycles. The second-order valence-electron chi connectivity index (χ2n) is 7.57. The molecule has 1 N–H and O–H groups in total. The summed E-state index contributed by atoms with van der Waals surface area (Å²) in [5.41, 5.74) is 3.16. The molecule has 3 rings (SSSR count). The van der Waals surface area contributed by atoms with E-state index in [9.17, 15) is 0 Å². The highest BCUT2D eigenvalue weighted by Gasteiger charge is 2.30. The SMILES string of the molecule is COc1ccc2[nH]cc(C3CCC(C(C)(C)C)CC3)c2c1. The summed E-state index contributed by atoms with van der Waals surface area (Å²) in [4.78, 5) is 3.42. The van der Waals surface area contributed by atoms with Crippen LogP contribution in [0.15, 0.2) is 24.4 Å². The average molecular weight is 285 g/mol. The highest BCUT2D eigenvalue weighted by molar-refractivity contribution is 5.85. The van der Waals surface area contributed by atoms with Crippen LogP contribution in [0, 0.1) is 11.3 Å². The zero-order chi connectivity index (χ0) is 15.0. The number of ether oxygens (including phenoxy) is 1. The lowest BCUT2D eigenvalue weighted by molar-refractivity contribution is 0.169. The van der Waals surface area contributed by atoms with Gasteiger partial charge in [0, 0.05) is 17.1 Å². The predicted octanol–water partition coefficient (Wildman–Crippen LogP) is 5.50. The molecule has 0 bridgehead atoms. The lowest BCUT2D eigenvalue weighted by atomic mass is 9.68. The molecule has 0 spiro atoms. The molecule has 2 aromatic rings. The van der Waals surface area contributed by atoms with Gasteiger partial charge in [-0.05, 0) is 66.7 Å². The van der Waals surface area contributed by atoms with Gasteiger partial charge in [0.25, 0.3) is 0 Å². The van der Waals surface area contributed by atoms with Crippen LogP contribution in [0.25, 0.3) is 10.9 Å². The Bertz CT molecular complexity index is 612. The molecule has 0 unspecified atom stereocenters. The maximum Gasteiger partial charge on any atom is 0.119 e. The predicted molar refractivity (Wildman–Crippen MR) is 89.0 cm³/mol. The Kier molecular flexibility index (Phi) is 3.73. The molecule has 1 fully saturated rings. The molecule has 21 heavy (non-hydrogen) atoms. The number of fused-ring (bicyclic) bond motifs is 1. The van der Waals surface area contributed by atoms with Crippen LogP contribution in [0.4, 0.5) is 0 Å². The van der Waals surface area contributed by atoms with Crippen molar-refractivity contribution in [3.8, 4) is 5.75 Å². The normalized spacial score (nSPS) is 23.4. The molecule has 2 nitrogen and oxygen atoms in total. The number of rotatable bonds is 2. The number of H-pyrrole nitrogens is 1. The zero-order valence-corrected chi connectivity index (χ0v) is 13.7. The van der Waals surface area contributed by atoms with Crippen molar-refractivity contribution in [1.29, 1.82) is 0 Å². The first kappa shape index (κ1) is 14.5. The minimum Gasteiger partial charge on any atom is -0.497 e. The van der Waals surface area contributed by atoms with E-state index in [1.807, 2.05) is 6.07 Å². The number of aromatic nitrogens is 1. The number of hydrogen-bond acceptors (Lipinski definition) is 1. The van der Waals surface area contributed by atoms with E-state index < -0.39 is 0 Å². The summed E-state index contributed by atoms with van der Waals surface area (Å²) in [5, 5.41) is 1.34. The fourth-order valence-electron chi connectivity index (χ4n) is 3.86. The Labute approximate surface area is 127 Å². The van der Waals surface area contributed by atoms with Crippen molar-refractivity contribution in [2.24, 2.45) is 11.3 Å². The van der Waals surface area contributed by atoms with Gasteiger partial charge in [0.05, 0.1) is 7.11 Å². The quantitative estimate of drug-likeness (QED) is 0.774. The summed E-state index contributed by atoms with van der Waals surface area (Å²) >= 11 is 0. The highest BCUT2D eigenvalue weighted by atomic mass is 16.5. The average Bonchev–Trinajstić information content (AvgIpc) is 2.89. The van der Waals surface area contributed by atoms with Gasteiger partial charge in [0.2, 0.25) is 0 Å². The molecule has 1 aromatic carbocycles. The van der Waals surface area contributed by atoms with E-state index in [2.05, 4.69) is 44.1 Å². The maximum atomic E-state index is 5.38. The van der Waals surface area contributed by atoms with E-state index in [0.29, 0.717) is 11.3 Å². The van der Waals surface area contributed by atoms with E-state index >= 15 is 0 Å². The van der Waals surface area contributed by atoms with Gasteiger partial charge in [-0.25, -0.2) is 0 Å². The van der Waals surface area contributed by atoms with Crippen LogP contribution < -0.4 is 4.74 Å². The summed E-state index contributed by atoms with van der Waals surface area (Å²) < 4.78 is 5.38. The minimum absolute atomic E-state index is 0.453. The monoisotopic (exact) mass is 285 g/mol. The van der Waals surface area contributed by atoms with Crippen molar-refractivity contribution in [1.82, 2.24) is 4.98 Å². The van der Waals surface area contributed by atoms with E-state index in [-0.39, 0.29) is 0 Å². The van der Waals surface area contributed by atoms with Gasteiger partial charge in [-0.1, -0.05) is 20.8 Å². The van der Waals surface area contributed by atoms with Crippen LogP contribution in [-0.2, 0) is 0 Å². The third-order valence-electron chi connectivity index (χ3n) is 5.31. The lowest BCUT2D eigenvalue weighted by Crippen LogP contribution is -2.25. The van der Waals surface area contributed by atoms with Crippen LogP contribution >= 0.6 is 0 Å². The first-order chi connectivity index (χ1) is 9.99. The topological polar surface area (TPSA) is 25.0 Å². The van der Waals surface area contributed by atoms with Crippen molar-refractivity contribution >= 4 is 10.9 Å². The molecule has 0 atom stereocenters. The Morgan fingerprint density at radius 3 is 2.43 bits per heavy atom. The van der Waals surface area contributed by atoms with E-state index in [1.165, 1.54) is 42.1 Å². The third kappa shape index (κ3) is 2.81. The molecule has 1 heterocycles. The summed E-state index contributed by atoms with van der Waals surface area (Å²) in [6.45, 7) is 7.15. The molecule has 2 heteroatoms. The number of aromatic amines is 1. The van der Waals surface area contributed by atoms with Crippen LogP contribution in [0.1, 0.15) is 57.9 Å². The summed E-state index contributed by atoms with van der Waals surface area (Å²) in [5.74, 6) is 2.52. The van der Waals surface area contributed by atoms with Crippen molar-refractivity contribution < 1.29 is 4.74 Å². The largest absolute Gasteiger partial charge is 0.497 e. The standard InChI is InChI=1S/C19H27NO/c1-19(2,3)14-7-5-13(6-8-14)17-12-20-18-10-9-15(21-4)11-16(17)18/h9-14,20H,5-8H2,1-4H3. The van der Waals surface area contributed by atoms with Gasteiger partial charge < -0.3 is 9.72 Å². The van der Waals surface area contributed by atoms with Gasteiger partial charge in [0.15, 0.2) is 0 Å². The van der Waals surface area contributed by atoms with Crippen LogP contribution in [0.2, 0.25) is 0 Å². The van der Waals surface area contributed by atoms with Crippen LogP contribution in [-0.4, -0.2) is 12.1 Å². The fraction of sp³-hybridized carbons (Fsp3) is 0.579. The van der Waals surface area contributed by atoms with Crippen molar-refractivity contribution in [2.45, 2.75) is 52.4 Å². The summed E-state index contributed by atoms with van der Waals surface area (Å²) in [7, 11) is 1.74. The lowest BCUT2D eigenvalue weighted by Gasteiger charge is -2.37. The number of benzene rings is 1. The number of methoxy groups -OCH3 is 1. The molecule has 1 aromatic heterocycles. The van der Waals surface area contributed by atoms with Crippen molar-refractivity contribution in [3.63, 3.8) is 0 Å². The van der Waals surface area contributed by atoms with E-state index in [1.54, 1.807) is 7.11 Å². The van der Waals surface area contributed by atoms with Gasteiger partial charge in [-0.15, -0.1) is 0 Å². The third-order valence-corrected chi connectivity index (χ3v) is 5.31. The summed E-state index contributed by atoms with van der Waals surface area (Å²) in [6.07, 6.45) is 7.54. The molecule has 114 valence electrons. The van der Waals surface area contributed by atoms with Gasteiger partial charge in [-0.3, -0.25) is 0 Å². The molecule has 1 aliphatic carbocycles. The number of nitrogens with one attached hydrogen (secondary N) is 1. The molecule has 1 aliphatic rings. The van der Waals surface area contributed by atoms with E-state index in [0.717, 1.165) is 11.7 Å². The van der Waals surface area contributed by atoms with Crippen LogP contribution in [0.5, 0.6) is 5.75 Å². The highest BCUT2D eigenvalue weighted by Crippen LogP contribution is 2.44. The van der Waals surface area contributed by atoms with Gasteiger partial charge in [-0.2, -0.15) is 0 Å². The van der Waals surface area contributed by atoms with Crippen molar-refractivity contribution in [3.05, 3.63) is 30.0 Å². The Morgan fingerprint density at radius 2 is 1.81 bits per heavy atom. The molecule has 1 saturated carbocycles. The Hall–Kier alpha value is -1.44.